The third-order valence-corrected chi connectivity index (χ3v) is 5.48. The smallest absolute Gasteiger partial charge is 0.416 e. The first-order valence-corrected chi connectivity index (χ1v) is 11.1. The van der Waals surface area contributed by atoms with Crippen molar-refractivity contribution < 1.29 is 27.4 Å². The highest BCUT2D eigenvalue weighted by Crippen LogP contribution is 2.35. The van der Waals surface area contributed by atoms with E-state index in [1.165, 1.54) is 19.2 Å². The highest BCUT2D eigenvalue weighted by Gasteiger charge is 2.31. The molecule has 10 heteroatoms. The minimum Gasteiger partial charge on any atom is -0.497 e. The predicted molar refractivity (Wildman–Crippen MR) is 134 cm³/mol. The number of carbonyl (C=O) groups excluding carboxylic acids is 1. The third kappa shape index (κ3) is 5.97. The number of rotatable bonds is 7. The summed E-state index contributed by atoms with van der Waals surface area (Å²) in [5.41, 5.74) is 1.48. The quantitative estimate of drug-likeness (QED) is 0.294. The molecular formula is C27H23F3N4O3. The number of ether oxygens (including phenoxy) is 2. The lowest BCUT2D eigenvalue weighted by atomic mass is 10.1. The van der Waals surface area contributed by atoms with E-state index in [0.29, 0.717) is 23.0 Å². The summed E-state index contributed by atoms with van der Waals surface area (Å²) in [5.74, 6) is 0.725. The molecule has 0 bridgehead atoms. The molecule has 4 rings (SSSR count). The molecule has 4 aromatic rings. The average molecular weight is 509 g/mol. The van der Waals surface area contributed by atoms with Crippen LogP contribution in [0, 0.1) is 6.92 Å². The van der Waals surface area contributed by atoms with Crippen molar-refractivity contribution >= 4 is 17.4 Å². The van der Waals surface area contributed by atoms with Gasteiger partial charge >= 0.3 is 6.18 Å². The Labute approximate surface area is 211 Å². The topological polar surface area (TPSA) is 85.4 Å². The molecule has 1 amide bonds. The number of carbonyl (C=O) groups is 1. The van der Waals surface area contributed by atoms with Crippen molar-refractivity contribution in [2.45, 2.75) is 13.1 Å². The SMILES string of the molecule is CNc1cc(-c2cccnc2Oc2cc(C(=O)Nc3cc(OC)cc(C(F)(F)F)c3)ccc2C)ccn1. The normalized spacial score (nSPS) is 11.1. The van der Waals surface area contributed by atoms with Gasteiger partial charge in [0.15, 0.2) is 0 Å². The molecule has 2 heterocycles. The fourth-order valence-electron chi connectivity index (χ4n) is 3.54. The molecule has 0 saturated carbocycles. The second-order valence-electron chi connectivity index (χ2n) is 8.02. The molecule has 190 valence electrons. The number of amides is 1. The predicted octanol–water partition coefficient (Wildman–Crippen LogP) is 6.57. The molecule has 37 heavy (non-hydrogen) atoms. The summed E-state index contributed by atoms with van der Waals surface area (Å²) in [5, 5.41) is 5.49. The van der Waals surface area contributed by atoms with Crippen molar-refractivity contribution in [3.05, 3.63) is 89.7 Å². The number of halogens is 3. The van der Waals surface area contributed by atoms with E-state index < -0.39 is 17.6 Å². The Balaban J connectivity index is 1.62. The Kier molecular flexibility index (Phi) is 7.28. The van der Waals surface area contributed by atoms with Gasteiger partial charge in [0.2, 0.25) is 5.88 Å². The minimum absolute atomic E-state index is 0.0294. The van der Waals surface area contributed by atoms with Gasteiger partial charge in [-0.05, 0) is 66.6 Å². The number of aromatic nitrogens is 2. The van der Waals surface area contributed by atoms with Crippen LogP contribution in [-0.2, 0) is 6.18 Å². The molecule has 7 nitrogen and oxygen atoms in total. The van der Waals surface area contributed by atoms with Gasteiger partial charge in [0, 0.05) is 42.3 Å². The molecule has 2 N–H and O–H groups in total. The maximum atomic E-state index is 13.2. The lowest BCUT2D eigenvalue weighted by Crippen LogP contribution is -2.14. The summed E-state index contributed by atoms with van der Waals surface area (Å²) < 4.78 is 50.8. The van der Waals surface area contributed by atoms with Gasteiger partial charge in [0.25, 0.3) is 5.91 Å². The zero-order valence-electron chi connectivity index (χ0n) is 20.2. The van der Waals surface area contributed by atoms with Crippen molar-refractivity contribution in [2.75, 3.05) is 24.8 Å². The van der Waals surface area contributed by atoms with E-state index in [4.69, 9.17) is 9.47 Å². The summed E-state index contributed by atoms with van der Waals surface area (Å²) >= 11 is 0. The van der Waals surface area contributed by atoms with Crippen molar-refractivity contribution in [1.82, 2.24) is 9.97 Å². The highest BCUT2D eigenvalue weighted by atomic mass is 19.4. The van der Waals surface area contributed by atoms with E-state index in [9.17, 15) is 18.0 Å². The Bertz CT molecular complexity index is 1440. The molecule has 0 aliphatic heterocycles. The Morgan fingerprint density at radius 3 is 2.51 bits per heavy atom. The second kappa shape index (κ2) is 10.6. The van der Waals surface area contributed by atoms with Gasteiger partial charge in [-0.1, -0.05) is 6.07 Å². The van der Waals surface area contributed by atoms with Crippen LogP contribution in [0.25, 0.3) is 11.1 Å². The molecule has 0 saturated heterocycles. The number of aryl methyl sites for hydroxylation is 1. The zero-order valence-corrected chi connectivity index (χ0v) is 20.2. The highest BCUT2D eigenvalue weighted by molar-refractivity contribution is 6.04. The summed E-state index contributed by atoms with van der Waals surface area (Å²) in [4.78, 5) is 21.5. The molecule has 0 unspecified atom stereocenters. The summed E-state index contributed by atoms with van der Waals surface area (Å²) in [6.45, 7) is 1.81. The van der Waals surface area contributed by atoms with E-state index in [0.717, 1.165) is 23.3 Å². The molecule has 2 aromatic heterocycles. The van der Waals surface area contributed by atoms with Crippen LogP contribution in [0.2, 0.25) is 0 Å². The molecular weight excluding hydrogens is 485 g/mol. The van der Waals surface area contributed by atoms with Crippen molar-refractivity contribution in [1.29, 1.82) is 0 Å². The number of alkyl halides is 3. The molecule has 0 fully saturated rings. The first-order valence-electron chi connectivity index (χ1n) is 11.1. The zero-order chi connectivity index (χ0) is 26.6. The van der Waals surface area contributed by atoms with Crippen LogP contribution in [0.3, 0.4) is 0 Å². The van der Waals surface area contributed by atoms with E-state index in [2.05, 4.69) is 20.6 Å². The molecule has 0 atom stereocenters. The first-order chi connectivity index (χ1) is 17.7. The van der Waals surface area contributed by atoms with Gasteiger partial charge in [-0.2, -0.15) is 13.2 Å². The van der Waals surface area contributed by atoms with E-state index in [1.54, 1.807) is 37.6 Å². The molecule has 0 aliphatic rings. The maximum absolute atomic E-state index is 13.2. The number of hydrogen-bond donors (Lipinski definition) is 2. The van der Waals surface area contributed by atoms with Gasteiger partial charge in [-0.15, -0.1) is 0 Å². The van der Waals surface area contributed by atoms with Crippen LogP contribution >= 0.6 is 0 Å². The molecule has 2 aromatic carbocycles. The average Bonchev–Trinajstić information content (AvgIpc) is 2.89. The first kappa shape index (κ1) is 25.5. The van der Waals surface area contributed by atoms with Crippen LogP contribution in [0.5, 0.6) is 17.4 Å². The third-order valence-electron chi connectivity index (χ3n) is 5.48. The van der Waals surface area contributed by atoms with Crippen LogP contribution in [-0.4, -0.2) is 30.0 Å². The lowest BCUT2D eigenvalue weighted by Gasteiger charge is -2.14. The van der Waals surface area contributed by atoms with Crippen molar-refractivity contribution in [3.63, 3.8) is 0 Å². The Hall–Kier alpha value is -4.60. The number of anilines is 2. The Morgan fingerprint density at radius 1 is 0.973 bits per heavy atom. The fourth-order valence-corrected chi connectivity index (χ4v) is 3.54. The number of methoxy groups -OCH3 is 1. The van der Waals surface area contributed by atoms with E-state index in [1.807, 2.05) is 25.1 Å². The number of pyridine rings is 2. The van der Waals surface area contributed by atoms with Crippen LogP contribution in [0.15, 0.2) is 73.1 Å². The second-order valence-corrected chi connectivity index (χ2v) is 8.02. The van der Waals surface area contributed by atoms with Gasteiger partial charge < -0.3 is 20.1 Å². The van der Waals surface area contributed by atoms with Crippen molar-refractivity contribution in [2.24, 2.45) is 0 Å². The standard InChI is InChI=1S/C27H23F3N4O3/c1-16-6-7-18(25(35)34-20-13-19(27(28,29)30)14-21(15-20)36-3)11-23(16)37-26-22(5-4-9-33-26)17-8-10-32-24(12-17)31-2/h4-15H,1-3H3,(H,31,32)(H,34,35). The van der Waals surface area contributed by atoms with Crippen LogP contribution < -0.4 is 20.1 Å². The fraction of sp³-hybridized carbons (Fsp3) is 0.148. The van der Waals surface area contributed by atoms with Crippen LogP contribution in [0.1, 0.15) is 21.5 Å². The van der Waals surface area contributed by atoms with Gasteiger partial charge in [0.1, 0.15) is 17.3 Å². The van der Waals surface area contributed by atoms with Gasteiger partial charge in [-0.3, -0.25) is 4.79 Å². The Morgan fingerprint density at radius 2 is 1.78 bits per heavy atom. The molecule has 0 spiro atoms. The minimum atomic E-state index is -4.60. The van der Waals surface area contributed by atoms with Gasteiger partial charge in [0.05, 0.1) is 12.7 Å². The number of hydrogen-bond acceptors (Lipinski definition) is 6. The summed E-state index contributed by atoms with van der Waals surface area (Å²) in [6, 6.07) is 15.1. The van der Waals surface area contributed by atoms with Gasteiger partial charge in [-0.25, -0.2) is 9.97 Å². The monoisotopic (exact) mass is 508 g/mol. The summed E-state index contributed by atoms with van der Waals surface area (Å²) in [6.07, 6.45) is -1.34. The number of nitrogens with one attached hydrogen (secondary N) is 2. The van der Waals surface area contributed by atoms with E-state index >= 15 is 0 Å². The van der Waals surface area contributed by atoms with Crippen molar-refractivity contribution in [3.8, 4) is 28.5 Å². The maximum Gasteiger partial charge on any atom is 0.416 e. The molecule has 0 aliphatic carbocycles. The lowest BCUT2D eigenvalue weighted by molar-refractivity contribution is -0.137. The van der Waals surface area contributed by atoms with Crippen LogP contribution in [0.4, 0.5) is 24.7 Å². The summed E-state index contributed by atoms with van der Waals surface area (Å²) in [7, 11) is 3.02. The number of nitrogens with zero attached hydrogens (tertiary/aromatic N) is 2. The van der Waals surface area contributed by atoms with E-state index in [-0.39, 0.29) is 17.0 Å². The molecule has 0 radical (unpaired) electrons. The number of benzene rings is 2. The largest absolute Gasteiger partial charge is 0.497 e.